The van der Waals surface area contributed by atoms with E-state index in [1.54, 1.807) is 24.1 Å². The van der Waals surface area contributed by atoms with E-state index in [0.29, 0.717) is 6.54 Å². The zero-order valence-corrected chi connectivity index (χ0v) is 13.3. The van der Waals surface area contributed by atoms with Gasteiger partial charge in [0.25, 0.3) is 5.69 Å². The van der Waals surface area contributed by atoms with E-state index < -0.39 is 4.92 Å². The number of rotatable bonds is 4. The molecule has 8 heteroatoms. The van der Waals surface area contributed by atoms with Crippen molar-refractivity contribution in [3.63, 3.8) is 0 Å². The van der Waals surface area contributed by atoms with Crippen LogP contribution in [-0.2, 0) is 6.54 Å². The van der Waals surface area contributed by atoms with E-state index in [4.69, 9.17) is 0 Å². The van der Waals surface area contributed by atoms with Gasteiger partial charge in [0.15, 0.2) is 0 Å². The molecule has 7 nitrogen and oxygen atoms in total. The average molecular weight is 329 g/mol. The van der Waals surface area contributed by atoms with Crippen LogP contribution in [0.25, 0.3) is 0 Å². The Labute approximate surface area is 135 Å². The van der Waals surface area contributed by atoms with Crippen LogP contribution in [0.3, 0.4) is 0 Å². The highest BCUT2D eigenvalue weighted by Gasteiger charge is 2.21. The summed E-state index contributed by atoms with van der Waals surface area (Å²) in [5, 5.41) is 16.7. The molecule has 0 aliphatic carbocycles. The fourth-order valence-corrected chi connectivity index (χ4v) is 2.40. The molecule has 0 atom stereocenters. The van der Waals surface area contributed by atoms with Crippen LogP contribution in [0.5, 0.6) is 0 Å². The Kier molecular flexibility index (Phi) is 7.07. The molecule has 0 unspecified atom stereocenters. The van der Waals surface area contributed by atoms with Crippen molar-refractivity contribution in [2.45, 2.75) is 25.4 Å². The van der Waals surface area contributed by atoms with Crippen LogP contribution >= 0.6 is 12.4 Å². The molecule has 2 amide bonds. The highest BCUT2D eigenvalue weighted by atomic mass is 35.5. The van der Waals surface area contributed by atoms with Crippen LogP contribution in [-0.4, -0.2) is 42.0 Å². The number of benzene rings is 1. The molecule has 1 aromatic carbocycles. The van der Waals surface area contributed by atoms with Crippen LogP contribution < -0.4 is 10.6 Å². The summed E-state index contributed by atoms with van der Waals surface area (Å²) in [7, 11) is 1.81. The maximum absolute atomic E-state index is 12.1. The van der Waals surface area contributed by atoms with E-state index in [1.807, 2.05) is 0 Å². The van der Waals surface area contributed by atoms with Gasteiger partial charge in [0, 0.05) is 31.8 Å². The minimum Gasteiger partial charge on any atom is -0.334 e. The van der Waals surface area contributed by atoms with Gasteiger partial charge < -0.3 is 15.5 Å². The normalized spacial score (nSPS) is 14.8. The number of carbonyl (C=O) groups excluding carboxylic acids is 1. The molecule has 1 fully saturated rings. The second-order valence-corrected chi connectivity index (χ2v) is 5.17. The third kappa shape index (κ3) is 4.85. The first-order chi connectivity index (χ1) is 10.1. The zero-order chi connectivity index (χ0) is 15.2. The molecule has 1 heterocycles. The van der Waals surface area contributed by atoms with Crippen molar-refractivity contribution in [1.82, 2.24) is 15.5 Å². The van der Waals surface area contributed by atoms with Crippen LogP contribution in [0.15, 0.2) is 24.3 Å². The number of non-ortho nitro benzene ring substituents is 1. The van der Waals surface area contributed by atoms with Crippen LogP contribution in [0, 0.1) is 10.1 Å². The van der Waals surface area contributed by atoms with E-state index in [1.165, 1.54) is 12.1 Å². The monoisotopic (exact) mass is 328 g/mol. The Morgan fingerprint density at radius 1 is 1.36 bits per heavy atom. The summed E-state index contributed by atoms with van der Waals surface area (Å²) in [5.41, 5.74) is 0.893. The third-order valence-electron chi connectivity index (χ3n) is 3.77. The predicted molar refractivity (Wildman–Crippen MR) is 86.2 cm³/mol. The lowest BCUT2D eigenvalue weighted by Gasteiger charge is -2.31. The second-order valence-electron chi connectivity index (χ2n) is 5.17. The van der Waals surface area contributed by atoms with Crippen LogP contribution in [0.2, 0.25) is 0 Å². The smallest absolute Gasteiger partial charge is 0.317 e. The van der Waals surface area contributed by atoms with Crippen molar-refractivity contribution in [1.29, 1.82) is 0 Å². The van der Waals surface area contributed by atoms with Crippen LogP contribution in [0.4, 0.5) is 10.5 Å². The molecule has 1 saturated heterocycles. The molecule has 2 N–H and O–H groups in total. The summed E-state index contributed by atoms with van der Waals surface area (Å²) in [6, 6.07) is 6.35. The molecular formula is C14H21ClN4O3. The van der Waals surface area contributed by atoms with E-state index >= 15 is 0 Å². The number of carbonyl (C=O) groups is 1. The predicted octanol–water partition coefficient (Wildman–Crippen LogP) is 1.91. The number of halogens is 1. The topological polar surface area (TPSA) is 87.5 Å². The van der Waals surface area contributed by atoms with Crippen molar-refractivity contribution >= 4 is 24.1 Å². The van der Waals surface area contributed by atoms with Crippen molar-refractivity contribution in [3.8, 4) is 0 Å². The zero-order valence-electron chi connectivity index (χ0n) is 12.4. The Hall–Kier alpha value is -1.86. The molecule has 22 heavy (non-hydrogen) atoms. The summed E-state index contributed by atoms with van der Waals surface area (Å²) < 4.78 is 0. The van der Waals surface area contributed by atoms with E-state index in [2.05, 4.69) is 10.6 Å². The fraction of sp³-hybridized carbons (Fsp3) is 0.500. The summed E-state index contributed by atoms with van der Waals surface area (Å²) in [4.78, 5) is 23.9. The van der Waals surface area contributed by atoms with Gasteiger partial charge in [-0.1, -0.05) is 12.1 Å². The maximum atomic E-state index is 12.1. The summed E-state index contributed by atoms with van der Waals surface area (Å²) in [6.45, 7) is 2.24. The lowest BCUT2D eigenvalue weighted by molar-refractivity contribution is -0.384. The standard InChI is InChI=1S/C14H20N4O3.ClH/c1-17(12-6-8-15-9-7-12)14(19)16-10-11-2-4-13(5-3-11)18(20)21;/h2-5,12,15H,6-10H2,1H3,(H,16,19);1H. The first-order valence-electron chi connectivity index (χ1n) is 7.02. The molecule has 0 radical (unpaired) electrons. The van der Waals surface area contributed by atoms with Gasteiger partial charge in [-0.05, 0) is 31.5 Å². The minimum atomic E-state index is -0.437. The molecule has 122 valence electrons. The number of hydrogen-bond donors (Lipinski definition) is 2. The van der Waals surface area contributed by atoms with Gasteiger partial charge in [0.05, 0.1) is 4.92 Å². The second kappa shape index (κ2) is 8.55. The number of nitrogens with one attached hydrogen (secondary N) is 2. The third-order valence-corrected chi connectivity index (χ3v) is 3.77. The van der Waals surface area contributed by atoms with Gasteiger partial charge in [0.2, 0.25) is 0 Å². The average Bonchev–Trinajstić information content (AvgIpc) is 2.53. The molecular weight excluding hydrogens is 308 g/mol. The van der Waals surface area contributed by atoms with Crippen LogP contribution in [0.1, 0.15) is 18.4 Å². The molecule has 1 aliphatic heterocycles. The van der Waals surface area contributed by atoms with Crippen molar-refractivity contribution in [3.05, 3.63) is 39.9 Å². The van der Waals surface area contributed by atoms with Gasteiger partial charge >= 0.3 is 6.03 Å². The molecule has 0 spiro atoms. The van der Waals surface area contributed by atoms with Gasteiger partial charge in [-0.15, -0.1) is 12.4 Å². The van der Waals surface area contributed by atoms with Gasteiger partial charge in [0.1, 0.15) is 0 Å². The quantitative estimate of drug-likeness (QED) is 0.653. The number of nitro benzene ring substituents is 1. The van der Waals surface area contributed by atoms with Crippen molar-refractivity contribution in [2.75, 3.05) is 20.1 Å². The molecule has 1 aromatic rings. The first-order valence-corrected chi connectivity index (χ1v) is 7.02. The maximum Gasteiger partial charge on any atom is 0.317 e. The summed E-state index contributed by atoms with van der Waals surface area (Å²) >= 11 is 0. The number of hydrogen-bond acceptors (Lipinski definition) is 4. The van der Waals surface area contributed by atoms with Gasteiger partial charge in [-0.25, -0.2) is 4.79 Å². The number of urea groups is 1. The molecule has 2 rings (SSSR count). The van der Waals surface area contributed by atoms with Gasteiger partial charge in [-0.3, -0.25) is 10.1 Å². The number of piperidine rings is 1. The van der Waals surface area contributed by atoms with Crippen molar-refractivity contribution < 1.29 is 9.72 Å². The summed E-state index contributed by atoms with van der Waals surface area (Å²) in [6.07, 6.45) is 1.92. The van der Waals surface area contributed by atoms with Crippen molar-refractivity contribution in [2.24, 2.45) is 0 Å². The highest BCUT2D eigenvalue weighted by molar-refractivity contribution is 5.85. The molecule has 0 saturated carbocycles. The van der Waals surface area contributed by atoms with E-state index in [9.17, 15) is 14.9 Å². The largest absolute Gasteiger partial charge is 0.334 e. The Bertz CT molecular complexity index is 503. The number of nitro groups is 1. The Balaban J connectivity index is 0.00000242. The lowest BCUT2D eigenvalue weighted by atomic mass is 10.1. The molecule has 1 aliphatic rings. The Morgan fingerprint density at radius 2 is 1.95 bits per heavy atom. The lowest BCUT2D eigenvalue weighted by Crippen LogP contribution is -2.47. The first kappa shape index (κ1) is 18.2. The number of nitrogens with zero attached hydrogens (tertiary/aromatic N) is 2. The molecule has 0 aromatic heterocycles. The molecule has 0 bridgehead atoms. The van der Waals surface area contributed by atoms with E-state index in [0.717, 1.165) is 31.5 Å². The summed E-state index contributed by atoms with van der Waals surface area (Å²) in [5.74, 6) is 0. The SMILES string of the molecule is CN(C(=O)NCc1ccc([N+](=O)[O-])cc1)C1CCNCC1.Cl. The van der Waals surface area contributed by atoms with Gasteiger partial charge in [-0.2, -0.15) is 0 Å². The van der Waals surface area contributed by atoms with E-state index in [-0.39, 0.29) is 30.2 Å². The Morgan fingerprint density at radius 3 is 2.50 bits per heavy atom. The number of amides is 2. The fourth-order valence-electron chi connectivity index (χ4n) is 2.40. The minimum absolute atomic E-state index is 0. The highest BCUT2D eigenvalue weighted by Crippen LogP contribution is 2.12.